The third kappa shape index (κ3) is 9.40. The maximum absolute atomic E-state index is 12.2. The van der Waals surface area contributed by atoms with Crippen molar-refractivity contribution in [1.29, 1.82) is 0 Å². The number of fused-ring (bicyclic) bond motifs is 1. The van der Waals surface area contributed by atoms with Gasteiger partial charge in [-0.05, 0) is 143 Å². The van der Waals surface area contributed by atoms with Crippen molar-refractivity contribution in [3.05, 3.63) is 83.4 Å². The van der Waals surface area contributed by atoms with E-state index in [1.807, 2.05) is 39.0 Å². The minimum absolute atomic E-state index is 0.127. The molecule has 8 heteroatoms. The van der Waals surface area contributed by atoms with Gasteiger partial charge in [-0.1, -0.05) is 50.1 Å². The predicted molar refractivity (Wildman–Crippen MR) is 198 cm³/mol. The molecule has 268 valence electrons. The highest BCUT2D eigenvalue weighted by Crippen LogP contribution is 2.40. The number of piperidine rings is 2. The Morgan fingerprint density at radius 2 is 1.26 bits per heavy atom. The summed E-state index contributed by atoms with van der Waals surface area (Å²) < 4.78 is 29.3. The second kappa shape index (κ2) is 16.8. The van der Waals surface area contributed by atoms with Gasteiger partial charge in [-0.25, -0.2) is 0 Å². The van der Waals surface area contributed by atoms with Gasteiger partial charge < -0.3 is 23.7 Å². The third-order valence-electron chi connectivity index (χ3n) is 9.81. The summed E-state index contributed by atoms with van der Waals surface area (Å²) in [6.07, 6.45) is 8.72. The quantitative estimate of drug-likeness (QED) is 0.101. The fourth-order valence-corrected chi connectivity index (χ4v) is 7.09. The molecular weight excluding hydrogens is 628 g/mol. The van der Waals surface area contributed by atoms with Gasteiger partial charge >= 0.3 is 5.97 Å². The molecule has 0 aromatic heterocycles. The zero-order valence-corrected chi connectivity index (χ0v) is 30.4. The van der Waals surface area contributed by atoms with Crippen molar-refractivity contribution in [2.75, 3.05) is 52.9 Å². The summed E-state index contributed by atoms with van der Waals surface area (Å²) in [5.74, 6) is 2.77. The molecule has 0 saturated carbocycles. The molecule has 2 saturated heterocycles. The van der Waals surface area contributed by atoms with Gasteiger partial charge in [-0.15, -0.1) is 0 Å². The molecule has 0 radical (unpaired) electrons. The van der Waals surface area contributed by atoms with Crippen LogP contribution in [0.15, 0.2) is 66.7 Å². The molecule has 3 aliphatic heterocycles. The average Bonchev–Trinajstić information content (AvgIpc) is 3.60. The summed E-state index contributed by atoms with van der Waals surface area (Å²) >= 11 is 0. The van der Waals surface area contributed by atoms with Gasteiger partial charge in [0.25, 0.3) is 0 Å². The number of benzene rings is 3. The number of hydrogen-bond acceptors (Lipinski definition) is 8. The Morgan fingerprint density at radius 3 is 1.82 bits per heavy atom. The van der Waals surface area contributed by atoms with E-state index in [1.165, 1.54) is 70.3 Å². The van der Waals surface area contributed by atoms with Gasteiger partial charge in [-0.3, -0.25) is 14.6 Å². The van der Waals surface area contributed by atoms with Crippen molar-refractivity contribution in [3.8, 4) is 23.0 Å². The molecule has 3 aromatic rings. The average molecular weight is 683 g/mol. The number of esters is 1. The van der Waals surface area contributed by atoms with E-state index in [-0.39, 0.29) is 25.7 Å². The lowest BCUT2D eigenvalue weighted by molar-refractivity contribution is -0.159. The smallest absolute Gasteiger partial charge is 0.314 e. The number of hydrogen-bond donors (Lipinski definition) is 0. The maximum Gasteiger partial charge on any atom is 0.314 e. The second-order valence-electron chi connectivity index (χ2n) is 14.7. The maximum atomic E-state index is 12.2. The van der Waals surface area contributed by atoms with Crippen molar-refractivity contribution in [2.45, 2.75) is 78.7 Å². The summed E-state index contributed by atoms with van der Waals surface area (Å²) in [7, 11) is 0. The Hall–Kier alpha value is -4.01. The first-order valence-electron chi connectivity index (χ1n) is 18.5. The molecule has 3 heterocycles. The van der Waals surface area contributed by atoms with E-state index in [0.29, 0.717) is 5.75 Å². The van der Waals surface area contributed by atoms with Crippen LogP contribution < -0.4 is 18.9 Å². The van der Waals surface area contributed by atoms with Crippen LogP contribution in [0.1, 0.15) is 89.3 Å². The van der Waals surface area contributed by atoms with E-state index < -0.39 is 5.41 Å². The summed E-state index contributed by atoms with van der Waals surface area (Å²) in [5.41, 5.74) is 4.98. The van der Waals surface area contributed by atoms with E-state index in [0.717, 1.165) is 59.0 Å². The monoisotopic (exact) mass is 682 g/mol. The Balaban J connectivity index is 1.26. The van der Waals surface area contributed by atoms with Crippen LogP contribution in [0.4, 0.5) is 0 Å². The lowest BCUT2D eigenvalue weighted by Crippen LogP contribution is -2.46. The number of nitrogens with zero attached hydrogens (tertiary/aromatic N) is 2. The Morgan fingerprint density at radius 1 is 0.720 bits per heavy atom. The molecule has 0 aliphatic carbocycles. The van der Waals surface area contributed by atoms with Crippen molar-refractivity contribution in [1.82, 2.24) is 9.80 Å². The van der Waals surface area contributed by atoms with E-state index in [2.05, 4.69) is 65.3 Å². The summed E-state index contributed by atoms with van der Waals surface area (Å²) in [4.78, 5) is 17.4. The Labute approximate surface area is 298 Å². The lowest BCUT2D eigenvalue weighted by atomic mass is 9.88. The van der Waals surface area contributed by atoms with Crippen LogP contribution in [-0.4, -0.2) is 74.7 Å². The van der Waals surface area contributed by atoms with Gasteiger partial charge in [-0.2, -0.15) is 0 Å². The van der Waals surface area contributed by atoms with Crippen LogP contribution in [-0.2, 0) is 9.53 Å². The molecule has 0 N–H and O–H groups in total. The van der Waals surface area contributed by atoms with Crippen molar-refractivity contribution in [3.63, 3.8) is 0 Å². The lowest BCUT2D eigenvalue weighted by Gasteiger charge is -2.34. The van der Waals surface area contributed by atoms with Gasteiger partial charge in [0.2, 0.25) is 13.6 Å². The molecule has 2 fully saturated rings. The minimum atomic E-state index is -0.583. The number of carbonyl (C=O) groups is 1. The van der Waals surface area contributed by atoms with Crippen LogP contribution in [0.5, 0.6) is 23.0 Å². The standard InChI is InChI=1S/C42H54N2O6/c1-5-37(33-16-21-38-39(26-33)48-30-47-38)40(31-12-17-34(18-13-31)46-29-49-41(45)42(2,3)4)32-14-19-35(20-15-32)50-36(27-43-22-8-6-9-23-43)28-44-24-10-7-11-25-44/h12-21,26,36H,5-11,22-25,27-30H2,1-4H3. The Kier molecular flexibility index (Phi) is 12.0. The summed E-state index contributed by atoms with van der Waals surface area (Å²) in [6, 6.07) is 22.8. The highest BCUT2D eigenvalue weighted by atomic mass is 16.7. The zero-order valence-electron chi connectivity index (χ0n) is 30.4. The van der Waals surface area contributed by atoms with Gasteiger partial charge in [0, 0.05) is 13.1 Å². The largest absolute Gasteiger partial charge is 0.488 e. The second-order valence-corrected chi connectivity index (χ2v) is 14.7. The molecule has 0 atom stereocenters. The van der Waals surface area contributed by atoms with Crippen LogP contribution in [0.25, 0.3) is 11.1 Å². The predicted octanol–water partition coefficient (Wildman–Crippen LogP) is 8.43. The van der Waals surface area contributed by atoms with E-state index >= 15 is 0 Å². The fourth-order valence-electron chi connectivity index (χ4n) is 7.09. The molecule has 6 rings (SSSR count). The normalized spacial score (nSPS) is 17.4. The van der Waals surface area contributed by atoms with Crippen LogP contribution in [0.3, 0.4) is 0 Å². The zero-order chi connectivity index (χ0) is 34.9. The highest BCUT2D eigenvalue weighted by molar-refractivity contribution is 5.99. The van der Waals surface area contributed by atoms with Gasteiger partial charge in [0.05, 0.1) is 5.41 Å². The summed E-state index contributed by atoms with van der Waals surface area (Å²) in [6.45, 7) is 14.4. The Bertz CT molecular complexity index is 1560. The van der Waals surface area contributed by atoms with E-state index in [1.54, 1.807) is 0 Å². The number of likely N-dealkylation sites (tertiary alicyclic amines) is 2. The molecular formula is C42H54N2O6. The van der Waals surface area contributed by atoms with Crippen molar-refractivity contribution >= 4 is 17.1 Å². The van der Waals surface area contributed by atoms with Crippen molar-refractivity contribution < 1.29 is 28.5 Å². The molecule has 3 aliphatic rings. The van der Waals surface area contributed by atoms with Crippen LogP contribution in [0.2, 0.25) is 0 Å². The fraction of sp³-hybridized carbons (Fsp3) is 0.500. The SMILES string of the molecule is CCC(=C(c1ccc(OCOC(=O)C(C)(C)C)cc1)c1ccc(OC(CN2CCCCC2)CN2CCCCC2)cc1)c1ccc2c(c1)OCO2. The molecule has 3 aromatic carbocycles. The first-order valence-corrected chi connectivity index (χ1v) is 18.5. The molecule has 50 heavy (non-hydrogen) atoms. The van der Waals surface area contributed by atoms with Gasteiger partial charge in [0.15, 0.2) is 11.5 Å². The first kappa shape index (κ1) is 35.8. The topological polar surface area (TPSA) is 69.7 Å². The molecule has 0 amide bonds. The first-order chi connectivity index (χ1) is 24.3. The van der Waals surface area contributed by atoms with Crippen molar-refractivity contribution in [2.24, 2.45) is 5.41 Å². The van der Waals surface area contributed by atoms with E-state index in [4.69, 9.17) is 23.7 Å². The number of rotatable bonds is 13. The molecule has 0 unspecified atom stereocenters. The highest BCUT2D eigenvalue weighted by Gasteiger charge is 2.24. The number of allylic oxidation sites excluding steroid dienone is 1. The number of carbonyl (C=O) groups excluding carboxylic acids is 1. The molecule has 8 nitrogen and oxygen atoms in total. The van der Waals surface area contributed by atoms with Crippen LogP contribution in [0, 0.1) is 5.41 Å². The third-order valence-corrected chi connectivity index (χ3v) is 9.81. The van der Waals surface area contributed by atoms with E-state index in [9.17, 15) is 4.79 Å². The summed E-state index contributed by atoms with van der Waals surface area (Å²) in [5, 5.41) is 0. The van der Waals surface area contributed by atoms with Crippen LogP contribution >= 0.6 is 0 Å². The minimum Gasteiger partial charge on any atom is -0.488 e. The molecule has 0 bridgehead atoms. The van der Waals surface area contributed by atoms with Gasteiger partial charge in [0.1, 0.15) is 17.6 Å². The number of ether oxygens (including phenoxy) is 5. The molecule has 0 spiro atoms.